The molecule has 186 valence electrons. The molecule has 1 aliphatic heterocycles. The molecule has 5 rings (SSSR count). The highest BCUT2D eigenvalue weighted by Crippen LogP contribution is 2.37. The fourth-order valence-electron chi connectivity index (χ4n) is 4.71. The summed E-state index contributed by atoms with van der Waals surface area (Å²) >= 11 is 0. The molecular formula is C30H36N6. The van der Waals surface area contributed by atoms with Crippen molar-refractivity contribution in [2.24, 2.45) is 5.92 Å². The van der Waals surface area contributed by atoms with Gasteiger partial charge in [0.05, 0.1) is 11.3 Å². The first-order valence-electron chi connectivity index (χ1n) is 12.6. The second-order valence-electron chi connectivity index (χ2n) is 9.64. The lowest BCUT2D eigenvalue weighted by atomic mass is 9.97. The molecule has 0 spiro atoms. The number of nitrogen functional groups attached to an aromatic ring is 1. The lowest BCUT2D eigenvalue weighted by molar-refractivity contribution is 0.147. The van der Waals surface area contributed by atoms with Gasteiger partial charge in [0, 0.05) is 30.5 Å². The number of hydrogen-bond acceptors (Lipinski definition) is 6. The normalized spacial score (nSPS) is 15.8. The van der Waals surface area contributed by atoms with Gasteiger partial charge >= 0.3 is 0 Å². The summed E-state index contributed by atoms with van der Waals surface area (Å²) in [5, 5.41) is 5.41. The Morgan fingerprint density at radius 1 is 1.03 bits per heavy atom. The first-order valence-corrected chi connectivity index (χ1v) is 12.6. The van der Waals surface area contributed by atoms with Crippen LogP contribution in [0.15, 0.2) is 79.8 Å². The third-order valence-electron chi connectivity index (χ3n) is 6.58. The van der Waals surface area contributed by atoms with Crippen LogP contribution in [-0.2, 0) is 0 Å². The fraction of sp³-hybridized carbons (Fsp3) is 0.300. The number of anilines is 2. The van der Waals surface area contributed by atoms with Crippen LogP contribution in [0.1, 0.15) is 33.6 Å². The molecule has 1 saturated heterocycles. The Labute approximate surface area is 214 Å². The smallest absolute Gasteiger partial charge is 0.222 e. The van der Waals surface area contributed by atoms with Gasteiger partial charge in [0.25, 0.3) is 0 Å². The molecule has 0 saturated carbocycles. The maximum atomic E-state index is 5.95. The van der Waals surface area contributed by atoms with Gasteiger partial charge in [-0.25, -0.2) is 4.98 Å². The van der Waals surface area contributed by atoms with Crippen molar-refractivity contribution in [2.75, 3.05) is 24.1 Å². The van der Waals surface area contributed by atoms with Crippen molar-refractivity contribution in [3.05, 3.63) is 79.8 Å². The van der Waals surface area contributed by atoms with Crippen LogP contribution < -0.4 is 11.1 Å². The minimum absolute atomic E-state index is 0.200. The number of nitrogens with zero attached hydrogens (tertiary/aromatic N) is 4. The molecule has 0 amide bonds. The minimum Gasteiger partial charge on any atom is -0.368 e. The molecule has 2 aromatic carbocycles. The third kappa shape index (κ3) is 6.07. The number of pyridine rings is 1. The van der Waals surface area contributed by atoms with Gasteiger partial charge in [-0.2, -0.15) is 4.98 Å². The van der Waals surface area contributed by atoms with Crippen LogP contribution in [0.2, 0.25) is 0 Å². The topological polar surface area (TPSA) is 80.0 Å². The fourth-order valence-corrected chi connectivity index (χ4v) is 4.71. The van der Waals surface area contributed by atoms with Gasteiger partial charge in [0.15, 0.2) is 0 Å². The lowest BCUT2D eigenvalue weighted by Crippen LogP contribution is -2.38. The van der Waals surface area contributed by atoms with Gasteiger partial charge in [-0.3, -0.25) is 4.98 Å². The number of rotatable bonds is 5. The molecular weight excluding hydrogens is 444 g/mol. The van der Waals surface area contributed by atoms with Gasteiger partial charge in [0.1, 0.15) is 5.82 Å². The van der Waals surface area contributed by atoms with E-state index in [1.54, 1.807) is 18.6 Å². The number of aromatic nitrogens is 3. The predicted octanol–water partition coefficient (Wildman–Crippen LogP) is 6.62. The summed E-state index contributed by atoms with van der Waals surface area (Å²) in [6.07, 6.45) is 7.89. The van der Waals surface area contributed by atoms with Crippen molar-refractivity contribution in [2.45, 2.75) is 39.7 Å². The zero-order chi connectivity index (χ0) is 25.5. The van der Waals surface area contributed by atoms with E-state index in [9.17, 15) is 0 Å². The predicted molar refractivity (Wildman–Crippen MR) is 152 cm³/mol. The number of nitrogens with two attached hydrogens (primary N) is 1. The third-order valence-corrected chi connectivity index (χ3v) is 6.58. The van der Waals surface area contributed by atoms with E-state index in [-0.39, 0.29) is 5.95 Å². The van der Waals surface area contributed by atoms with Gasteiger partial charge < -0.3 is 16.0 Å². The number of fused-ring (bicyclic) bond motifs is 1. The van der Waals surface area contributed by atoms with E-state index >= 15 is 0 Å². The molecule has 3 N–H and O–H groups in total. The van der Waals surface area contributed by atoms with Crippen LogP contribution in [-0.4, -0.2) is 39.0 Å². The molecule has 1 aliphatic rings. The molecule has 6 nitrogen and oxygen atoms in total. The zero-order valence-corrected chi connectivity index (χ0v) is 21.5. The number of hydrogen-bond donors (Lipinski definition) is 2. The lowest BCUT2D eigenvalue weighted by Gasteiger charge is -2.33. The second-order valence-corrected chi connectivity index (χ2v) is 9.64. The number of benzene rings is 2. The standard InChI is InChI=1S/C21H17N5.C9H19N/c1-2-24-20-18(17-8-7-14-5-3-4-6-16(14)13-17)19(25-21(22)26-20)15-9-11-23-12-10-15;1-8(2)10-6-4-5-9(3)7-10/h2-13H,1H2,(H3,22,24,25,26);8-9H,4-7H2,1-3H3. The summed E-state index contributed by atoms with van der Waals surface area (Å²) in [6.45, 7) is 13.3. The van der Waals surface area contributed by atoms with Crippen molar-refractivity contribution in [1.29, 1.82) is 0 Å². The molecule has 2 aromatic heterocycles. The van der Waals surface area contributed by atoms with Crippen molar-refractivity contribution < 1.29 is 0 Å². The summed E-state index contributed by atoms with van der Waals surface area (Å²) in [5.74, 6) is 1.75. The zero-order valence-electron chi connectivity index (χ0n) is 21.5. The maximum Gasteiger partial charge on any atom is 0.222 e. The van der Waals surface area contributed by atoms with Crippen LogP contribution in [0.5, 0.6) is 0 Å². The Balaban J connectivity index is 0.000000256. The average molecular weight is 481 g/mol. The van der Waals surface area contributed by atoms with Crippen molar-refractivity contribution in [3.8, 4) is 22.4 Å². The first kappa shape index (κ1) is 25.3. The largest absolute Gasteiger partial charge is 0.368 e. The Hall–Kier alpha value is -3.77. The molecule has 0 bridgehead atoms. The highest BCUT2D eigenvalue weighted by atomic mass is 15.1. The van der Waals surface area contributed by atoms with Gasteiger partial charge in [-0.05, 0) is 79.9 Å². The van der Waals surface area contributed by atoms with Crippen LogP contribution in [0.4, 0.5) is 11.8 Å². The van der Waals surface area contributed by atoms with Crippen molar-refractivity contribution in [3.63, 3.8) is 0 Å². The highest BCUT2D eigenvalue weighted by molar-refractivity contribution is 5.94. The van der Waals surface area contributed by atoms with Crippen LogP contribution in [0.3, 0.4) is 0 Å². The summed E-state index contributed by atoms with van der Waals surface area (Å²) in [5.41, 5.74) is 9.49. The van der Waals surface area contributed by atoms with E-state index in [1.807, 2.05) is 24.3 Å². The molecule has 0 aliphatic carbocycles. The SMILES string of the molecule is C=CNc1nc(N)nc(-c2ccncc2)c1-c1ccc2ccccc2c1.CC1CCCN(C(C)C)C1. The van der Waals surface area contributed by atoms with Crippen molar-refractivity contribution >= 4 is 22.5 Å². The van der Waals surface area contributed by atoms with E-state index in [4.69, 9.17) is 5.73 Å². The summed E-state index contributed by atoms with van der Waals surface area (Å²) in [7, 11) is 0. The maximum absolute atomic E-state index is 5.95. The average Bonchev–Trinajstić information content (AvgIpc) is 2.89. The van der Waals surface area contributed by atoms with Gasteiger partial charge in [-0.1, -0.05) is 49.9 Å². The summed E-state index contributed by atoms with van der Waals surface area (Å²) in [6, 6.07) is 19.1. The summed E-state index contributed by atoms with van der Waals surface area (Å²) < 4.78 is 0. The van der Waals surface area contributed by atoms with Crippen molar-refractivity contribution in [1.82, 2.24) is 19.9 Å². The molecule has 6 heteroatoms. The molecule has 3 heterocycles. The highest BCUT2D eigenvalue weighted by Gasteiger charge is 2.18. The Morgan fingerprint density at radius 3 is 2.44 bits per heavy atom. The number of likely N-dealkylation sites (tertiary alicyclic amines) is 1. The van der Waals surface area contributed by atoms with E-state index in [0.29, 0.717) is 5.82 Å². The Bertz CT molecular complexity index is 1300. The molecule has 4 aromatic rings. The van der Waals surface area contributed by atoms with E-state index < -0.39 is 0 Å². The van der Waals surface area contributed by atoms with E-state index in [1.165, 1.54) is 31.3 Å². The number of nitrogens with one attached hydrogen (secondary N) is 1. The quantitative estimate of drug-likeness (QED) is 0.334. The molecule has 1 unspecified atom stereocenters. The molecule has 1 atom stereocenters. The minimum atomic E-state index is 0.200. The van der Waals surface area contributed by atoms with E-state index in [2.05, 4.69) is 82.9 Å². The van der Waals surface area contributed by atoms with Gasteiger partial charge in [0.2, 0.25) is 5.95 Å². The molecule has 0 radical (unpaired) electrons. The molecule has 36 heavy (non-hydrogen) atoms. The van der Waals surface area contributed by atoms with E-state index in [0.717, 1.165) is 39.7 Å². The first-order chi connectivity index (χ1) is 17.5. The Kier molecular flexibility index (Phi) is 8.28. The van der Waals surface area contributed by atoms with Gasteiger partial charge in [-0.15, -0.1) is 0 Å². The van der Waals surface area contributed by atoms with Crippen LogP contribution in [0.25, 0.3) is 33.2 Å². The molecule has 1 fully saturated rings. The van der Waals surface area contributed by atoms with Crippen LogP contribution in [0, 0.1) is 5.92 Å². The number of piperidine rings is 1. The second kappa shape index (κ2) is 11.8. The van der Waals surface area contributed by atoms with Crippen LogP contribution >= 0.6 is 0 Å². The Morgan fingerprint density at radius 2 is 1.78 bits per heavy atom. The summed E-state index contributed by atoms with van der Waals surface area (Å²) in [4.78, 5) is 15.5. The monoisotopic (exact) mass is 480 g/mol.